The summed E-state index contributed by atoms with van der Waals surface area (Å²) < 4.78 is 18.2. The zero-order valence-corrected chi connectivity index (χ0v) is 24.2. The minimum atomic E-state index is -0.405. The first-order chi connectivity index (χ1) is 18.9. The summed E-state index contributed by atoms with van der Waals surface area (Å²) >= 11 is 2.76. The molecule has 3 aromatic rings. The van der Waals surface area contributed by atoms with Gasteiger partial charge in [0.2, 0.25) is 5.91 Å². The molecule has 0 saturated heterocycles. The molecule has 1 amide bonds. The quantitative estimate of drug-likeness (QED) is 0.174. The zero-order chi connectivity index (χ0) is 27.8. The third-order valence-electron chi connectivity index (χ3n) is 6.44. The predicted molar refractivity (Wildman–Crippen MR) is 153 cm³/mol. The van der Waals surface area contributed by atoms with E-state index < -0.39 is 5.97 Å². The Hall–Kier alpha value is -3.31. The van der Waals surface area contributed by atoms with Crippen LogP contribution in [0, 0.1) is 0 Å². The number of thiophene rings is 1. The van der Waals surface area contributed by atoms with E-state index in [1.165, 1.54) is 41.5 Å². The maximum atomic E-state index is 13.0. The van der Waals surface area contributed by atoms with Crippen molar-refractivity contribution in [3.05, 3.63) is 58.7 Å². The second kappa shape index (κ2) is 13.7. The number of benzene rings is 1. The number of amides is 1. The van der Waals surface area contributed by atoms with Gasteiger partial charge in [0.05, 0.1) is 25.5 Å². The number of fused-ring (bicyclic) bond motifs is 1. The molecule has 2 aromatic heterocycles. The van der Waals surface area contributed by atoms with Crippen LogP contribution in [0.5, 0.6) is 11.5 Å². The van der Waals surface area contributed by atoms with E-state index in [0.29, 0.717) is 33.8 Å². The Labute approximate surface area is 236 Å². The lowest BCUT2D eigenvalue weighted by molar-refractivity contribution is -0.113. The molecule has 208 valence electrons. The van der Waals surface area contributed by atoms with Gasteiger partial charge in [-0.2, -0.15) is 0 Å². The Morgan fingerprint density at radius 3 is 2.54 bits per heavy atom. The number of hydrogen-bond donors (Lipinski definition) is 1. The van der Waals surface area contributed by atoms with Gasteiger partial charge in [-0.25, -0.2) is 4.79 Å². The molecule has 1 atom stereocenters. The minimum absolute atomic E-state index is 0.103. The van der Waals surface area contributed by atoms with Crippen LogP contribution in [0.25, 0.3) is 0 Å². The van der Waals surface area contributed by atoms with Crippen molar-refractivity contribution in [3.8, 4) is 11.5 Å². The fourth-order valence-electron chi connectivity index (χ4n) is 4.54. The maximum Gasteiger partial charge on any atom is 0.341 e. The average Bonchev–Trinajstić information content (AvgIpc) is 3.48. The summed E-state index contributed by atoms with van der Waals surface area (Å²) in [5.41, 5.74) is 1.52. The molecule has 2 heterocycles. The molecule has 1 aliphatic carbocycles. The molecule has 1 N–H and O–H groups in total. The first-order valence-electron chi connectivity index (χ1n) is 12.9. The second-order valence-electron chi connectivity index (χ2n) is 9.13. The molecule has 1 aromatic carbocycles. The van der Waals surface area contributed by atoms with Crippen LogP contribution in [0.15, 0.2) is 42.1 Å². The Bertz CT molecular complexity index is 1300. The summed E-state index contributed by atoms with van der Waals surface area (Å²) in [7, 11) is 2.99. The number of anilines is 1. The number of allylic oxidation sites excluding steroid dienone is 1. The summed E-state index contributed by atoms with van der Waals surface area (Å²) in [6, 6.07) is 7.32. The van der Waals surface area contributed by atoms with Gasteiger partial charge in [0.1, 0.15) is 16.5 Å². The van der Waals surface area contributed by atoms with Gasteiger partial charge in [0.15, 0.2) is 17.1 Å². The van der Waals surface area contributed by atoms with E-state index >= 15 is 0 Å². The Kier molecular flexibility index (Phi) is 10.0. The van der Waals surface area contributed by atoms with E-state index in [1.807, 2.05) is 35.8 Å². The molecule has 0 radical (unpaired) electrons. The fraction of sp³-hybridized carbons (Fsp3) is 0.429. The number of ether oxygens (including phenoxy) is 3. The third kappa shape index (κ3) is 7.02. The summed E-state index contributed by atoms with van der Waals surface area (Å²) in [4.78, 5) is 26.8. The second-order valence-corrected chi connectivity index (χ2v) is 11.2. The van der Waals surface area contributed by atoms with Crippen LogP contribution in [0.2, 0.25) is 0 Å². The van der Waals surface area contributed by atoms with Crippen LogP contribution in [0.3, 0.4) is 0 Å². The van der Waals surface area contributed by atoms with Crippen LogP contribution in [-0.4, -0.2) is 46.6 Å². The highest BCUT2D eigenvalue weighted by Gasteiger charge is 2.26. The van der Waals surface area contributed by atoms with E-state index in [-0.39, 0.29) is 17.8 Å². The minimum Gasteiger partial charge on any atom is -0.497 e. The van der Waals surface area contributed by atoms with E-state index in [9.17, 15) is 9.59 Å². The summed E-state index contributed by atoms with van der Waals surface area (Å²) in [5.74, 6) is 1.52. The molecule has 0 aliphatic heterocycles. The molecule has 1 aliphatic rings. The Balaban J connectivity index is 1.45. The first-order valence-corrected chi connectivity index (χ1v) is 14.8. The van der Waals surface area contributed by atoms with Gasteiger partial charge in [-0.3, -0.25) is 9.36 Å². The number of methoxy groups -OCH3 is 2. The van der Waals surface area contributed by atoms with Crippen molar-refractivity contribution in [3.63, 3.8) is 0 Å². The normalized spacial score (nSPS) is 13.9. The van der Waals surface area contributed by atoms with Crippen molar-refractivity contribution in [1.29, 1.82) is 0 Å². The molecule has 9 nitrogen and oxygen atoms in total. The number of nitrogens with one attached hydrogen (secondary N) is 1. The number of thioether (sulfide) groups is 1. The molecule has 0 fully saturated rings. The van der Waals surface area contributed by atoms with E-state index in [4.69, 9.17) is 14.2 Å². The molecule has 0 saturated carbocycles. The van der Waals surface area contributed by atoms with Gasteiger partial charge in [-0.1, -0.05) is 30.7 Å². The number of rotatable bonds is 11. The molecule has 1 unspecified atom stereocenters. The lowest BCUT2D eigenvalue weighted by Crippen LogP contribution is -2.17. The molecule has 39 heavy (non-hydrogen) atoms. The topological polar surface area (TPSA) is 105 Å². The van der Waals surface area contributed by atoms with Crippen LogP contribution in [-0.2, 0) is 28.9 Å². The number of hydrogen-bond acceptors (Lipinski definition) is 9. The van der Waals surface area contributed by atoms with Gasteiger partial charge >= 0.3 is 5.97 Å². The first kappa shape index (κ1) is 28.7. The van der Waals surface area contributed by atoms with Gasteiger partial charge in [-0.05, 0) is 62.4 Å². The fourth-order valence-corrected chi connectivity index (χ4v) is 6.59. The predicted octanol–water partition coefficient (Wildman–Crippen LogP) is 5.85. The van der Waals surface area contributed by atoms with Crippen molar-refractivity contribution in [2.75, 3.05) is 25.3 Å². The third-order valence-corrected chi connectivity index (χ3v) is 8.61. The van der Waals surface area contributed by atoms with E-state index in [2.05, 4.69) is 22.1 Å². The Morgan fingerprint density at radius 2 is 1.85 bits per heavy atom. The van der Waals surface area contributed by atoms with Crippen LogP contribution >= 0.6 is 23.1 Å². The van der Waals surface area contributed by atoms with Gasteiger partial charge in [0.25, 0.3) is 0 Å². The highest BCUT2D eigenvalue weighted by Crippen LogP contribution is 2.38. The smallest absolute Gasteiger partial charge is 0.341 e. The lowest BCUT2D eigenvalue weighted by Gasteiger charge is -2.16. The lowest BCUT2D eigenvalue weighted by atomic mass is 9.96. The van der Waals surface area contributed by atoms with Crippen molar-refractivity contribution in [2.45, 2.75) is 63.3 Å². The monoisotopic (exact) mass is 570 g/mol. The largest absolute Gasteiger partial charge is 0.497 e. The highest BCUT2D eigenvalue weighted by molar-refractivity contribution is 7.99. The number of carbonyl (C=O) groups excluding carboxylic acids is 2. The number of aromatic nitrogens is 3. The van der Waals surface area contributed by atoms with Crippen molar-refractivity contribution in [2.24, 2.45) is 0 Å². The van der Waals surface area contributed by atoms with Crippen molar-refractivity contribution < 1.29 is 23.8 Å². The van der Waals surface area contributed by atoms with Crippen molar-refractivity contribution in [1.82, 2.24) is 14.8 Å². The van der Waals surface area contributed by atoms with Crippen molar-refractivity contribution >= 4 is 40.0 Å². The number of nitrogens with zero attached hydrogens (tertiary/aromatic N) is 3. The summed E-state index contributed by atoms with van der Waals surface area (Å²) in [6.07, 6.45) is 7.54. The number of aryl methyl sites for hydroxylation is 1. The highest BCUT2D eigenvalue weighted by atomic mass is 32.2. The molecular weight excluding hydrogens is 536 g/mol. The SMILES string of the molecule is C=CCn1c(SCC(=O)Nc2sc3c(c2C(=O)OC)CCCCCC3)nnc1C(C)Oc1ccc(OC)cc1. The molecule has 0 spiro atoms. The Morgan fingerprint density at radius 1 is 1.13 bits per heavy atom. The molecule has 11 heteroatoms. The van der Waals surface area contributed by atoms with E-state index in [0.717, 1.165) is 43.4 Å². The molecular formula is C28H34N4O5S2. The number of esters is 1. The molecule has 4 rings (SSSR count). The summed E-state index contributed by atoms with van der Waals surface area (Å²) in [6.45, 7) is 6.21. The zero-order valence-electron chi connectivity index (χ0n) is 22.5. The van der Waals surface area contributed by atoms with Gasteiger partial charge < -0.3 is 19.5 Å². The van der Waals surface area contributed by atoms with Crippen LogP contribution < -0.4 is 14.8 Å². The van der Waals surface area contributed by atoms with Crippen LogP contribution in [0.1, 0.15) is 65.3 Å². The maximum absolute atomic E-state index is 13.0. The standard InChI is InChI=1S/C28H34N4O5S2/c1-5-16-32-25(18(2)37-20-14-12-19(35-3)13-15-20)30-31-28(32)38-17-23(33)29-26-24(27(34)36-4)21-10-8-6-7-9-11-22(21)39-26/h5,12-15,18H,1,6-11,16-17H2,2-4H3,(H,29,33). The van der Waals surface area contributed by atoms with Gasteiger partial charge in [-0.15, -0.1) is 28.1 Å². The summed E-state index contributed by atoms with van der Waals surface area (Å²) in [5, 5.41) is 12.8. The van der Waals surface area contributed by atoms with Gasteiger partial charge in [0, 0.05) is 11.4 Å². The van der Waals surface area contributed by atoms with Crippen LogP contribution in [0.4, 0.5) is 5.00 Å². The molecule has 0 bridgehead atoms. The number of carbonyl (C=O) groups is 2. The van der Waals surface area contributed by atoms with E-state index in [1.54, 1.807) is 13.2 Å². The average molecular weight is 571 g/mol.